The molecule has 2 atom stereocenters. The second kappa shape index (κ2) is 8.22. The predicted molar refractivity (Wildman–Crippen MR) is 113 cm³/mol. The van der Waals surface area contributed by atoms with Crippen LogP contribution in [0.4, 0.5) is 0 Å². The average Bonchev–Trinajstić information content (AvgIpc) is 3.37. The van der Waals surface area contributed by atoms with Crippen LogP contribution in [0.25, 0.3) is 22.3 Å². The van der Waals surface area contributed by atoms with Crippen molar-refractivity contribution in [1.82, 2.24) is 19.9 Å². The number of hydrogen-bond acceptors (Lipinski definition) is 6. The third kappa shape index (κ3) is 3.65. The fourth-order valence-corrected chi connectivity index (χ4v) is 3.91. The molecule has 4 rings (SSSR count). The summed E-state index contributed by atoms with van der Waals surface area (Å²) in [6.45, 7) is 2.69. The van der Waals surface area contributed by atoms with Crippen molar-refractivity contribution in [3.8, 4) is 28.6 Å². The van der Waals surface area contributed by atoms with Crippen LogP contribution in [0.5, 0.6) is 17.4 Å². The number of fused-ring (bicyclic) bond motifs is 1. The van der Waals surface area contributed by atoms with E-state index in [1.54, 1.807) is 20.5 Å². The Bertz CT molecular complexity index is 1080. The van der Waals surface area contributed by atoms with E-state index in [4.69, 9.17) is 19.2 Å². The molecule has 1 aliphatic rings. The van der Waals surface area contributed by atoms with Crippen LogP contribution in [0.1, 0.15) is 19.8 Å². The summed E-state index contributed by atoms with van der Waals surface area (Å²) in [6, 6.07) is 7.60. The number of pyridine rings is 1. The van der Waals surface area contributed by atoms with Crippen molar-refractivity contribution in [3.05, 3.63) is 30.6 Å². The smallest absolute Gasteiger partial charge is 0.241 e. The maximum atomic E-state index is 11.7. The van der Waals surface area contributed by atoms with Gasteiger partial charge in [-0.3, -0.25) is 4.79 Å². The normalized spacial score (nSPS) is 17.1. The Morgan fingerprint density at radius 1 is 1.23 bits per heavy atom. The van der Waals surface area contributed by atoms with Crippen molar-refractivity contribution < 1.29 is 19.0 Å². The van der Waals surface area contributed by atoms with E-state index in [-0.39, 0.29) is 17.9 Å². The minimum atomic E-state index is -0.116. The topological polar surface area (TPSA) is 87.5 Å². The Morgan fingerprint density at radius 3 is 2.70 bits per heavy atom. The van der Waals surface area contributed by atoms with E-state index in [2.05, 4.69) is 17.2 Å². The summed E-state index contributed by atoms with van der Waals surface area (Å²) in [6.07, 6.45) is 2.89. The van der Waals surface area contributed by atoms with E-state index >= 15 is 0 Å². The lowest BCUT2D eigenvalue weighted by molar-refractivity contribution is -0.119. The number of methoxy groups -OCH3 is 2. The van der Waals surface area contributed by atoms with Gasteiger partial charge in [-0.1, -0.05) is 6.92 Å². The number of carbonyl (C=O) groups excluding carboxylic acids is 1. The number of nitrogens with zero attached hydrogens (tertiary/aromatic N) is 3. The molecule has 2 aromatic heterocycles. The maximum absolute atomic E-state index is 11.7. The molecular weight excluding hydrogens is 384 g/mol. The largest absolute Gasteiger partial charge is 0.493 e. The van der Waals surface area contributed by atoms with Gasteiger partial charge in [0, 0.05) is 31.5 Å². The van der Waals surface area contributed by atoms with Gasteiger partial charge in [-0.05, 0) is 30.7 Å². The molecule has 1 saturated heterocycles. The molecule has 0 saturated carbocycles. The van der Waals surface area contributed by atoms with E-state index in [1.165, 1.54) is 0 Å². The molecule has 8 nitrogen and oxygen atoms in total. The summed E-state index contributed by atoms with van der Waals surface area (Å²) < 4.78 is 19.1. The number of nitrogens with one attached hydrogen (secondary N) is 1. The Labute approximate surface area is 175 Å². The number of aromatic nitrogens is 3. The summed E-state index contributed by atoms with van der Waals surface area (Å²) in [5.74, 6) is 1.99. The van der Waals surface area contributed by atoms with Gasteiger partial charge >= 0.3 is 0 Å². The second-order valence-electron chi connectivity index (χ2n) is 7.44. The first-order valence-corrected chi connectivity index (χ1v) is 10.0. The Balaban J connectivity index is 1.76. The summed E-state index contributed by atoms with van der Waals surface area (Å²) in [7, 11) is 5.13. The summed E-state index contributed by atoms with van der Waals surface area (Å²) in [5, 5.41) is 2.89. The van der Waals surface area contributed by atoms with Crippen LogP contribution in [0.2, 0.25) is 0 Å². The molecule has 30 heavy (non-hydrogen) atoms. The van der Waals surface area contributed by atoms with E-state index in [0.29, 0.717) is 30.3 Å². The minimum absolute atomic E-state index is 0.0692. The number of imidazole rings is 1. The Hall–Kier alpha value is -3.29. The van der Waals surface area contributed by atoms with Crippen molar-refractivity contribution in [2.45, 2.75) is 25.9 Å². The maximum Gasteiger partial charge on any atom is 0.241 e. The molecule has 1 amide bonds. The molecule has 0 unspecified atom stereocenters. The van der Waals surface area contributed by atoms with Crippen LogP contribution >= 0.6 is 0 Å². The van der Waals surface area contributed by atoms with Crippen molar-refractivity contribution in [1.29, 1.82) is 0 Å². The van der Waals surface area contributed by atoms with Gasteiger partial charge in [0.2, 0.25) is 11.8 Å². The van der Waals surface area contributed by atoms with Crippen molar-refractivity contribution in [3.63, 3.8) is 0 Å². The van der Waals surface area contributed by atoms with Crippen molar-refractivity contribution in [2.24, 2.45) is 13.0 Å². The van der Waals surface area contributed by atoms with E-state index in [1.807, 2.05) is 35.9 Å². The predicted octanol–water partition coefficient (Wildman–Crippen LogP) is 2.95. The third-order valence-corrected chi connectivity index (χ3v) is 5.54. The molecule has 3 aromatic rings. The van der Waals surface area contributed by atoms with Crippen LogP contribution in [-0.4, -0.2) is 47.3 Å². The molecule has 1 N–H and O–H groups in total. The first kappa shape index (κ1) is 20.0. The second-order valence-corrected chi connectivity index (χ2v) is 7.44. The van der Waals surface area contributed by atoms with Gasteiger partial charge in [0.15, 0.2) is 11.5 Å². The first-order valence-electron chi connectivity index (χ1n) is 10.0. The molecule has 1 aliphatic heterocycles. The standard InChI is InChI=1S/C22H26N4O4/c1-5-17(14-9-20(27)23-11-14)30-22-21-16(24-12-26(21)2)10-15(25-22)13-6-7-18(28-3)19(8-13)29-4/h6-8,10,12,14,17H,5,9,11H2,1-4H3,(H,23,27)/t14-,17-/m1/s1. The molecule has 1 fully saturated rings. The number of carbonyl (C=O) groups is 1. The molecule has 0 bridgehead atoms. The lowest BCUT2D eigenvalue weighted by atomic mass is 9.99. The number of amides is 1. The SMILES string of the molecule is CC[C@@H](Oc1nc(-c2ccc(OC)c(OC)c2)cc2ncn(C)c12)[C@H]1CNC(=O)C1. The van der Waals surface area contributed by atoms with Gasteiger partial charge in [0.1, 0.15) is 11.6 Å². The van der Waals surface area contributed by atoms with E-state index in [9.17, 15) is 4.79 Å². The van der Waals surface area contributed by atoms with E-state index in [0.717, 1.165) is 28.7 Å². The van der Waals surface area contributed by atoms with Crippen LogP contribution in [-0.2, 0) is 11.8 Å². The lowest BCUT2D eigenvalue weighted by Crippen LogP contribution is -2.28. The summed E-state index contributed by atoms with van der Waals surface area (Å²) >= 11 is 0. The molecule has 8 heteroatoms. The van der Waals surface area contributed by atoms with Crippen LogP contribution in [0, 0.1) is 5.92 Å². The molecule has 3 heterocycles. The molecule has 0 spiro atoms. The fourth-order valence-electron chi connectivity index (χ4n) is 3.91. The first-order chi connectivity index (χ1) is 14.5. The molecule has 1 aromatic carbocycles. The Morgan fingerprint density at radius 2 is 2.03 bits per heavy atom. The number of rotatable bonds is 7. The number of ether oxygens (including phenoxy) is 3. The number of benzene rings is 1. The quantitative estimate of drug-likeness (QED) is 0.644. The highest BCUT2D eigenvalue weighted by Crippen LogP contribution is 2.35. The van der Waals surface area contributed by atoms with Gasteiger partial charge in [-0.15, -0.1) is 0 Å². The van der Waals surface area contributed by atoms with Gasteiger partial charge in [0.25, 0.3) is 0 Å². The number of aryl methyl sites for hydroxylation is 1. The summed E-state index contributed by atoms with van der Waals surface area (Å²) in [5.41, 5.74) is 3.22. The zero-order valence-electron chi connectivity index (χ0n) is 17.6. The van der Waals surface area contributed by atoms with Crippen molar-refractivity contribution in [2.75, 3.05) is 20.8 Å². The Kier molecular flexibility index (Phi) is 5.48. The average molecular weight is 410 g/mol. The molecule has 0 radical (unpaired) electrons. The highest BCUT2D eigenvalue weighted by molar-refractivity contribution is 5.85. The minimum Gasteiger partial charge on any atom is -0.493 e. The van der Waals surface area contributed by atoms with Crippen LogP contribution in [0.3, 0.4) is 0 Å². The summed E-state index contributed by atoms with van der Waals surface area (Å²) in [4.78, 5) is 21.0. The highest BCUT2D eigenvalue weighted by Gasteiger charge is 2.31. The van der Waals surface area contributed by atoms with Gasteiger partial charge in [0.05, 0.1) is 31.8 Å². The molecule has 0 aliphatic carbocycles. The van der Waals surface area contributed by atoms with Gasteiger partial charge in [-0.25, -0.2) is 9.97 Å². The van der Waals surface area contributed by atoms with Crippen LogP contribution in [0.15, 0.2) is 30.6 Å². The molecular formula is C22H26N4O4. The van der Waals surface area contributed by atoms with Gasteiger partial charge < -0.3 is 24.1 Å². The zero-order valence-corrected chi connectivity index (χ0v) is 17.6. The van der Waals surface area contributed by atoms with Crippen LogP contribution < -0.4 is 19.5 Å². The van der Waals surface area contributed by atoms with Gasteiger partial charge in [-0.2, -0.15) is 0 Å². The lowest BCUT2D eigenvalue weighted by Gasteiger charge is -2.22. The monoisotopic (exact) mass is 410 g/mol. The third-order valence-electron chi connectivity index (χ3n) is 5.54. The number of hydrogen-bond donors (Lipinski definition) is 1. The highest BCUT2D eigenvalue weighted by atomic mass is 16.5. The fraction of sp³-hybridized carbons (Fsp3) is 0.409. The van der Waals surface area contributed by atoms with E-state index < -0.39 is 0 Å². The van der Waals surface area contributed by atoms with Crippen molar-refractivity contribution >= 4 is 16.9 Å². The molecule has 158 valence electrons. The zero-order chi connectivity index (χ0) is 21.3.